The molecule has 1 fully saturated rings. The lowest BCUT2D eigenvalue weighted by Crippen LogP contribution is -2.41. The topological polar surface area (TPSA) is 83.7 Å². The number of benzene rings is 2. The first-order valence-electron chi connectivity index (χ1n) is 11.2. The normalized spacial score (nSPS) is 14.4. The Hall–Kier alpha value is -3.03. The number of nitrogens with two attached hydrogens (primary N) is 1. The molecule has 0 radical (unpaired) electrons. The Morgan fingerprint density at radius 2 is 1.82 bits per heavy atom. The van der Waals surface area contributed by atoms with Gasteiger partial charge in [-0.25, -0.2) is 9.78 Å². The summed E-state index contributed by atoms with van der Waals surface area (Å²) < 4.78 is 5.67. The van der Waals surface area contributed by atoms with E-state index in [0.717, 1.165) is 25.0 Å². The van der Waals surface area contributed by atoms with E-state index in [9.17, 15) is 4.79 Å². The number of carbonyl (C=O) groups excluding carboxylic acids is 1. The van der Waals surface area contributed by atoms with Gasteiger partial charge in [-0.15, -0.1) is 0 Å². The van der Waals surface area contributed by atoms with Crippen molar-refractivity contribution in [2.24, 2.45) is 0 Å². The highest BCUT2D eigenvalue weighted by Gasteiger charge is 2.26. The van der Waals surface area contributed by atoms with Crippen LogP contribution in [0.4, 0.5) is 21.9 Å². The van der Waals surface area contributed by atoms with E-state index in [4.69, 9.17) is 22.1 Å². The third-order valence-corrected chi connectivity index (χ3v) is 5.77. The van der Waals surface area contributed by atoms with Crippen molar-refractivity contribution < 1.29 is 9.53 Å². The Kier molecular flexibility index (Phi) is 6.63. The van der Waals surface area contributed by atoms with Gasteiger partial charge in [-0.2, -0.15) is 5.01 Å². The molecule has 0 unspecified atom stereocenters. The number of carbonyl (C=O) groups is 1. The smallest absolute Gasteiger partial charge is 0.433 e. The minimum Gasteiger partial charge on any atom is -0.442 e. The minimum atomic E-state index is -0.670. The van der Waals surface area contributed by atoms with Gasteiger partial charge in [0.05, 0.1) is 22.6 Å². The average molecular weight is 468 g/mol. The number of hydrazine groups is 1. The molecular formula is C25H30ClN5O2. The molecule has 0 aliphatic carbocycles. The zero-order chi connectivity index (χ0) is 23.6. The molecule has 2 aromatic carbocycles. The third-order valence-electron chi connectivity index (χ3n) is 5.48. The SMILES string of the molecule is CC(C)(C)OC(=O)N(Nc1c(N)c(Cl)nc2ccccc12)c1ccc(CN2CCCC2)cc1. The van der Waals surface area contributed by atoms with Gasteiger partial charge in [0.25, 0.3) is 0 Å². The molecule has 0 saturated carbocycles. The number of pyridine rings is 1. The van der Waals surface area contributed by atoms with Gasteiger partial charge >= 0.3 is 6.09 Å². The second kappa shape index (κ2) is 9.45. The number of anilines is 3. The lowest BCUT2D eigenvalue weighted by Gasteiger charge is -2.29. The highest BCUT2D eigenvalue weighted by molar-refractivity contribution is 6.33. The van der Waals surface area contributed by atoms with Crippen LogP contribution in [0.5, 0.6) is 0 Å². The summed E-state index contributed by atoms with van der Waals surface area (Å²) in [5.74, 6) is 0. The lowest BCUT2D eigenvalue weighted by atomic mass is 10.1. The van der Waals surface area contributed by atoms with Crippen LogP contribution in [0.15, 0.2) is 48.5 Å². The molecule has 1 amide bonds. The molecule has 3 aromatic rings. The fraction of sp³-hybridized carbons (Fsp3) is 0.360. The summed E-state index contributed by atoms with van der Waals surface area (Å²) in [6.45, 7) is 8.64. The van der Waals surface area contributed by atoms with Gasteiger partial charge in [-0.05, 0) is 70.5 Å². The molecule has 8 heteroatoms. The molecular weight excluding hydrogens is 438 g/mol. The van der Waals surface area contributed by atoms with Crippen molar-refractivity contribution in [1.82, 2.24) is 9.88 Å². The van der Waals surface area contributed by atoms with E-state index in [1.165, 1.54) is 23.4 Å². The van der Waals surface area contributed by atoms with Gasteiger partial charge in [0, 0.05) is 11.9 Å². The number of aromatic nitrogens is 1. The number of likely N-dealkylation sites (tertiary alicyclic amines) is 1. The zero-order valence-corrected chi connectivity index (χ0v) is 20.0. The molecule has 174 valence electrons. The molecule has 33 heavy (non-hydrogen) atoms. The summed E-state index contributed by atoms with van der Waals surface area (Å²) in [6.07, 6.45) is 1.95. The number of fused-ring (bicyclic) bond motifs is 1. The first kappa shape index (κ1) is 23.1. The van der Waals surface area contributed by atoms with Crippen molar-refractivity contribution in [3.05, 3.63) is 59.2 Å². The van der Waals surface area contributed by atoms with Crippen molar-refractivity contribution in [3.63, 3.8) is 0 Å². The molecule has 1 aromatic heterocycles. The van der Waals surface area contributed by atoms with Crippen molar-refractivity contribution >= 4 is 45.7 Å². The zero-order valence-electron chi connectivity index (χ0n) is 19.3. The predicted octanol–water partition coefficient (Wildman–Crippen LogP) is 5.83. The monoisotopic (exact) mass is 467 g/mol. The van der Waals surface area contributed by atoms with Gasteiger partial charge < -0.3 is 10.5 Å². The van der Waals surface area contributed by atoms with Crippen molar-refractivity contribution in [2.45, 2.75) is 45.8 Å². The maximum Gasteiger partial charge on any atom is 0.433 e. The van der Waals surface area contributed by atoms with Gasteiger partial charge in [0.15, 0.2) is 5.15 Å². The maximum atomic E-state index is 13.2. The molecule has 0 atom stereocenters. The summed E-state index contributed by atoms with van der Waals surface area (Å²) in [4.78, 5) is 20.0. The standard InChI is InChI=1S/C25H30ClN5O2/c1-25(2,3)33-24(32)31(18-12-10-17(11-13-18)16-30-14-6-7-15-30)29-22-19-8-4-5-9-20(19)28-23(26)21(22)27/h4-5,8-13H,6-7,14-16,27H2,1-3H3,(H,28,29). The average Bonchev–Trinajstić information content (AvgIpc) is 3.27. The molecule has 1 aliphatic heterocycles. The van der Waals surface area contributed by atoms with Crippen LogP contribution >= 0.6 is 11.6 Å². The number of amides is 1. The molecule has 2 heterocycles. The van der Waals surface area contributed by atoms with E-state index in [0.29, 0.717) is 16.9 Å². The van der Waals surface area contributed by atoms with E-state index >= 15 is 0 Å². The summed E-state index contributed by atoms with van der Waals surface area (Å²) in [5.41, 5.74) is 12.0. The number of hydrogen-bond donors (Lipinski definition) is 2. The summed E-state index contributed by atoms with van der Waals surface area (Å²) in [7, 11) is 0. The third kappa shape index (κ3) is 5.49. The van der Waals surface area contributed by atoms with E-state index < -0.39 is 11.7 Å². The number of nitrogens with one attached hydrogen (secondary N) is 1. The second-order valence-electron chi connectivity index (χ2n) is 9.29. The Morgan fingerprint density at radius 1 is 1.15 bits per heavy atom. The largest absolute Gasteiger partial charge is 0.442 e. The quantitative estimate of drug-likeness (QED) is 0.362. The van der Waals surface area contributed by atoms with Crippen molar-refractivity contribution in [3.8, 4) is 0 Å². The Morgan fingerprint density at radius 3 is 2.48 bits per heavy atom. The second-order valence-corrected chi connectivity index (χ2v) is 9.64. The molecule has 0 bridgehead atoms. The van der Waals surface area contributed by atoms with E-state index in [-0.39, 0.29) is 10.8 Å². The first-order chi connectivity index (χ1) is 15.7. The Balaban J connectivity index is 1.68. The van der Waals surface area contributed by atoms with Crippen LogP contribution in [-0.4, -0.2) is 34.7 Å². The fourth-order valence-corrected chi connectivity index (χ4v) is 4.09. The summed E-state index contributed by atoms with van der Waals surface area (Å²) >= 11 is 6.29. The lowest BCUT2D eigenvalue weighted by molar-refractivity contribution is 0.0589. The molecule has 0 spiro atoms. The van der Waals surface area contributed by atoms with Crippen LogP contribution < -0.4 is 16.2 Å². The Labute approximate surface area is 199 Å². The molecule has 1 aliphatic rings. The molecule has 4 rings (SSSR count). The molecule has 7 nitrogen and oxygen atoms in total. The number of ether oxygens (including phenoxy) is 1. The van der Waals surface area contributed by atoms with Crippen LogP contribution in [0.3, 0.4) is 0 Å². The van der Waals surface area contributed by atoms with Crippen LogP contribution in [0.2, 0.25) is 5.15 Å². The number of halogens is 1. The van der Waals surface area contributed by atoms with Gasteiger partial charge in [0.1, 0.15) is 5.60 Å². The number of hydrogen-bond acceptors (Lipinski definition) is 6. The van der Waals surface area contributed by atoms with Crippen LogP contribution in [-0.2, 0) is 11.3 Å². The van der Waals surface area contributed by atoms with Gasteiger partial charge in [-0.1, -0.05) is 41.9 Å². The predicted molar refractivity (Wildman–Crippen MR) is 134 cm³/mol. The van der Waals surface area contributed by atoms with Crippen LogP contribution in [0.25, 0.3) is 10.9 Å². The maximum absolute atomic E-state index is 13.2. The minimum absolute atomic E-state index is 0.168. The fourth-order valence-electron chi connectivity index (χ4n) is 3.90. The van der Waals surface area contributed by atoms with Crippen LogP contribution in [0, 0.1) is 0 Å². The number of nitrogens with zero attached hydrogens (tertiary/aromatic N) is 3. The van der Waals surface area contributed by atoms with Gasteiger partial charge in [-0.3, -0.25) is 10.3 Å². The number of rotatable bonds is 5. The summed E-state index contributed by atoms with van der Waals surface area (Å²) in [6, 6.07) is 15.4. The van der Waals surface area contributed by atoms with E-state index in [1.807, 2.05) is 69.3 Å². The molecule has 3 N–H and O–H groups in total. The van der Waals surface area contributed by atoms with Crippen molar-refractivity contribution in [2.75, 3.05) is 29.3 Å². The first-order valence-corrected chi connectivity index (χ1v) is 11.5. The van der Waals surface area contributed by atoms with Crippen molar-refractivity contribution in [1.29, 1.82) is 0 Å². The van der Waals surface area contributed by atoms with E-state index in [2.05, 4.69) is 15.3 Å². The van der Waals surface area contributed by atoms with Crippen LogP contribution in [0.1, 0.15) is 39.2 Å². The highest BCUT2D eigenvalue weighted by Crippen LogP contribution is 2.35. The van der Waals surface area contributed by atoms with E-state index in [1.54, 1.807) is 0 Å². The number of nitrogen functional groups attached to an aromatic ring is 1. The Bertz CT molecular complexity index is 1140. The highest BCUT2D eigenvalue weighted by atomic mass is 35.5. The van der Waals surface area contributed by atoms with Gasteiger partial charge in [0.2, 0.25) is 0 Å². The summed E-state index contributed by atoms with van der Waals surface area (Å²) in [5, 5.41) is 2.28. The molecule has 1 saturated heterocycles. The number of para-hydroxylation sites is 1.